The summed E-state index contributed by atoms with van der Waals surface area (Å²) >= 11 is 0. The van der Waals surface area contributed by atoms with Crippen LogP contribution in [0.25, 0.3) is 0 Å². The molecule has 3 N–H and O–H groups in total. The number of amides is 1. The third kappa shape index (κ3) is 8.31. The van der Waals surface area contributed by atoms with Gasteiger partial charge in [-0.15, -0.1) is 0 Å². The van der Waals surface area contributed by atoms with Crippen LogP contribution in [0.4, 0.5) is 0 Å². The molecule has 0 spiro atoms. The van der Waals surface area contributed by atoms with E-state index in [0.717, 1.165) is 45.3 Å². The number of aromatic carboxylic acids is 1. The second-order valence-electron chi connectivity index (χ2n) is 7.41. The molecule has 0 bridgehead atoms. The number of allylic oxidation sites excluding steroid dienone is 4. The monoisotopic (exact) mass is 412 g/mol. The Morgan fingerprint density at radius 2 is 2.07 bits per heavy atom. The van der Waals surface area contributed by atoms with Crippen LogP contribution in [-0.2, 0) is 11.3 Å². The number of hydrogen-bond donors (Lipinski definition) is 3. The number of pyridine rings is 1. The molecule has 7 heteroatoms. The van der Waals surface area contributed by atoms with Crippen LogP contribution in [0.1, 0.15) is 41.7 Å². The standard InChI is InChI=1S/C23H32N4O3/c1-3-6-18(4-2)7-5-12-27-13-9-20(10-14-27)26-22(28)17-24-16-21-15-19(23(29)30)8-11-25-21/h3-4,6,8,11,15,20,24H,1-2,5,7,9-10,12-14,16-17H2,(H,26,28)(H,29,30)/b18-6+. The summed E-state index contributed by atoms with van der Waals surface area (Å²) in [6.07, 6.45) is 11.1. The quantitative estimate of drug-likeness (QED) is 0.457. The van der Waals surface area contributed by atoms with Crippen LogP contribution >= 0.6 is 0 Å². The minimum atomic E-state index is -0.989. The van der Waals surface area contributed by atoms with Gasteiger partial charge in [0, 0.05) is 31.9 Å². The Hall–Kier alpha value is -2.77. The molecule has 0 unspecified atom stereocenters. The van der Waals surface area contributed by atoms with Gasteiger partial charge in [-0.1, -0.05) is 31.4 Å². The van der Waals surface area contributed by atoms with Gasteiger partial charge in [0.2, 0.25) is 5.91 Å². The van der Waals surface area contributed by atoms with Crippen molar-refractivity contribution in [3.63, 3.8) is 0 Å². The molecular formula is C23H32N4O3. The van der Waals surface area contributed by atoms with E-state index >= 15 is 0 Å². The Labute approximate surface area is 178 Å². The Morgan fingerprint density at radius 3 is 2.73 bits per heavy atom. The number of carbonyl (C=O) groups excluding carboxylic acids is 1. The molecule has 0 radical (unpaired) electrons. The molecule has 1 saturated heterocycles. The fourth-order valence-corrected chi connectivity index (χ4v) is 3.50. The van der Waals surface area contributed by atoms with Crippen molar-refractivity contribution in [2.45, 2.75) is 38.3 Å². The van der Waals surface area contributed by atoms with Gasteiger partial charge in [0.25, 0.3) is 0 Å². The van der Waals surface area contributed by atoms with Crippen molar-refractivity contribution in [1.82, 2.24) is 20.5 Å². The van der Waals surface area contributed by atoms with Gasteiger partial charge >= 0.3 is 5.97 Å². The lowest BCUT2D eigenvalue weighted by Crippen LogP contribution is -2.47. The molecule has 2 heterocycles. The second-order valence-corrected chi connectivity index (χ2v) is 7.41. The Balaban J connectivity index is 1.61. The van der Waals surface area contributed by atoms with Gasteiger partial charge in [-0.3, -0.25) is 9.78 Å². The summed E-state index contributed by atoms with van der Waals surface area (Å²) in [5, 5.41) is 15.1. The number of nitrogens with zero attached hydrogens (tertiary/aromatic N) is 2. The van der Waals surface area contributed by atoms with Gasteiger partial charge in [0.1, 0.15) is 0 Å². The van der Waals surface area contributed by atoms with E-state index in [2.05, 4.69) is 33.7 Å². The van der Waals surface area contributed by atoms with Gasteiger partial charge in [-0.2, -0.15) is 0 Å². The molecule has 0 aromatic carbocycles. The molecule has 0 atom stereocenters. The average molecular weight is 413 g/mol. The van der Waals surface area contributed by atoms with E-state index < -0.39 is 5.97 Å². The van der Waals surface area contributed by atoms with Crippen molar-refractivity contribution >= 4 is 11.9 Å². The molecule has 1 aromatic rings. The number of carboxylic acids is 1. The summed E-state index contributed by atoms with van der Waals surface area (Å²) in [4.78, 5) is 29.7. The Morgan fingerprint density at radius 1 is 1.30 bits per heavy atom. The lowest BCUT2D eigenvalue weighted by Gasteiger charge is -2.32. The predicted molar refractivity (Wildman–Crippen MR) is 118 cm³/mol. The summed E-state index contributed by atoms with van der Waals surface area (Å²) in [7, 11) is 0. The number of carbonyl (C=O) groups is 2. The van der Waals surface area contributed by atoms with E-state index in [1.165, 1.54) is 23.9 Å². The maximum atomic E-state index is 12.2. The minimum absolute atomic E-state index is 0.0481. The molecule has 30 heavy (non-hydrogen) atoms. The average Bonchev–Trinajstić information content (AvgIpc) is 2.74. The second kappa shape index (κ2) is 12.7. The molecule has 1 aliphatic heterocycles. The molecular weight excluding hydrogens is 380 g/mol. The molecule has 2 rings (SSSR count). The van der Waals surface area contributed by atoms with E-state index in [0.29, 0.717) is 12.2 Å². The van der Waals surface area contributed by atoms with Crippen LogP contribution < -0.4 is 10.6 Å². The smallest absolute Gasteiger partial charge is 0.335 e. The summed E-state index contributed by atoms with van der Waals surface area (Å²) in [6, 6.07) is 3.16. The molecule has 1 aromatic heterocycles. The third-order valence-corrected chi connectivity index (χ3v) is 5.14. The minimum Gasteiger partial charge on any atom is -0.478 e. The van der Waals surface area contributed by atoms with E-state index in [1.54, 1.807) is 6.08 Å². The lowest BCUT2D eigenvalue weighted by molar-refractivity contribution is -0.121. The summed E-state index contributed by atoms with van der Waals surface area (Å²) in [5.74, 6) is -1.04. The first kappa shape index (κ1) is 23.5. The lowest BCUT2D eigenvalue weighted by atomic mass is 10.0. The SMILES string of the molecule is C=C/C=C(\C=C)CCCN1CCC(NC(=O)CNCc2cc(C(=O)O)ccn2)CC1. The first-order valence-electron chi connectivity index (χ1n) is 10.4. The van der Waals surface area contributed by atoms with E-state index in [9.17, 15) is 9.59 Å². The van der Waals surface area contributed by atoms with Crippen LogP contribution in [0.2, 0.25) is 0 Å². The van der Waals surface area contributed by atoms with Crippen LogP contribution in [-0.4, -0.2) is 59.1 Å². The molecule has 0 aliphatic carbocycles. The first-order valence-corrected chi connectivity index (χ1v) is 10.4. The number of hydrogen-bond acceptors (Lipinski definition) is 5. The third-order valence-electron chi connectivity index (χ3n) is 5.14. The highest BCUT2D eigenvalue weighted by molar-refractivity contribution is 5.87. The van der Waals surface area contributed by atoms with E-state index in [4.69, 9.17) is 5.11 Å². The van der Waals surface area contributed by atoms with Crippen LogP contribution in [0.3, 0.4) is 0 Å². The predicted octanol–water partition coefficient (Wildman–Crippen LogP) is 2.53. The molecule has 1 fully saturated rings. The van der Waals surface area contributed by atoms with E-state index in [-0.39, 0.29) is 24.1 Å². The Bertz CT molecular complexity index is 767. The van der Waals surface area contributed by atoms with Gasteiger partial charge in [-0.25, -0.2) is 4.79 Å². The summed E-state index contributed by atoms with van der Waals surface area (Å²) < 4.78 is 0. The van der Waals surface area contributed by atoms with Crippen molar-refractivity contribution in [3.8, 4) is 0 Å². The zero-order valence-corrected chi connectivity index (χ0v) is 17.5. The highest BCUT2D eigenvalue weighted by atomic mass is 16.4. The highest BCUT2D eigenvalue weighted by Gasteiger charge is 2.20. The zero-order valence-electron chi connectivity index (χ0n) is 17.5. The summed E-state index contributed by atoms with van der Waals surface area (Å²) in [6.45, 7) is 11.1. The number of aromatic nitrogens is 1. The van der Waals surface area contributed by atoms with Crippen molar-refractivity contribution in [1.29, 1.82) is 0 Å². The highest BCUT2D eigenvalue weighted by Crippen LogP contribution is 2.13. The maximum absolute atomic E-state index is 12.2. The molecule has 162 valence electrons. The van der Waals surface area contributed by atoms with Crippen molar-refractivity contribution < 1.29 is 14.7 Å². The van der Waals surface area contributed by atoms with Gasteiger partial charge < -0.3 is 20.6 Å². The van der Waals surface area contributed by atoms with E-state index in [1.807, 2.05) is 12.2 Å². The van der Waals surface area contributed by atoms with Crippen molar-refractivity contribution in [3.05, 3.63) is 66.5 Å². The topological polar surface area (TPSA) is 94.6 Å². The normalized spacial score (nSPS) is 15.5. The Kier molecular flexibility index (Phi) is 9.97. The largest absolute Gasteiger partial charge is 0.478 e. The zero-order chi connectivity index (χ0) is 21.8. The molecule has 1 aliphatic rings. The fourth-order valence-electron chi connectivity index (χ4n) is 3.50. The molecule has 1 amide bonds. The van der Waals surface area contributed by atoms with Gasteiger partial charge in [0.05, 0.1) is 17.8 Å². The maximum Gasteiger partial charge on any atom is 0.335 e. The van der Waals surface area contributed by atoms with Crippen LogP contribution in [0.5, 0.6) is 0 Å². The first-order chi connectivity index (χ1) is 14.5. The number of piperidine rings is 1. The van der Waals surface area contributed by atoms with Crippen LogP contribution in [0.15, 0.2) is 55.3 Å². The van der Waals surface area contributed by atoms with Gasteiger partial charge in [-0.05, 0) is 49.9 Å². The number of nitrogens with one attached hydrogen (secondary N) is 2. The van der Waals surface area contributed by atoms with Crippen LogP contribution in [0, 0.1) is 0 Å². The number of likely N-dealkylation sites (tertiary alicyclic amines) is 1. The molecule has 0 saturated carbocycles. The molecule has 7 nitrogen and oxygen atoms in total. The summed E-state index contributed by atoms with van der Waals surface area (Å²) in [5.41, 5.74) is 2.00. The number of carboxylic acid groups (broad SMARTS) is 1. The fraction of sp³-hybridized carbons (Fsp3) is 0.435. The number of rotatable bonds is 12. The van der Waals surface area contributed by atoms with Crippen molar-refractivity contribution in [2.24, 2.45) is 0 Å². The van der Waals surface area contributed by atoms with Gasteiger partial charge in [0.15, 0.2) is 0 Å². The van der Waals surface area contributed by atoms with Crippen molar-refractivity contribution in [2.75, 3.05) is 26.2 Å².